The highest BCUT2D eigenvalue weighted by Gasteiger charge is 2.54. The SMILES string of the molecule is CC(=O)OC(C(=O)C=C(C(=O)CCCCCCO)c1cccc(C)c1)C(Cc1ccccc1)C(=O)N1C(=O)OC(C)(C)C1C(C)C. The molecule has 1 fully saturated rings. The summed E-state index contributed by atoms with van der Waals surface area (Å²) in [5.41, 5.74) is 1.28. The zero-order valence-electron chi connectivity index (χ0n) is 27.8. The van der Waals surface area contributed by atoms with Gasteiger partial charge in [0.1, 0.15) is 5.60 Å². The second-order valence-electron chi connectivity index (χ2n) is 12.8. The van der Waals surface area contributed by atoms with Crippen molar-refractivity contribution >= 4 is 35.1 Å². The zero-order chi connectivity index (χ0) is 34.0. The van der Waals surface area contributed by atoms with Gasteiger partial charge in [0.05, 0.1) is 12.0 Å². The number of allylic oxidation sites excluding steroid dienone is 1. The van der Waals surface area contributed by atoms with E-state index in [4.69, 9.17) is 14.6 Å². The van der Waals surface area contributed by atoms with Crippen LogP contribution in [0, 0.1) is 18.8 Å². The molecular formula is C37H47NO8. The summed E-state index contributed by atoms with van der Waals surface area (Å²) >= 11 is 0. The molecule has 2 aromatic carbocycles. The Labute approximate surface area is 272 Å². The minimum atomic E-state index is -1.62. The summed E-state index contributed by atoms with van der Waals surface area (Å²) in [7, 11) is 0. The number of rotatable bonds is 16. The van der Waals surface area contributed by atoms with Crippen molar-refractivity contribution < 1.29 is 38.6 Å². The molecule has 1 heterocycles. The van der Waals surface area contributed by atoms with Crippen molar-refractivity contribution in [1.29, 1.82) is 0 Å². The number of hydrogen-bond acceptors (Lipinski definition) is 8. The van der Waals surface area contributed by atoms with Crippen LogP contribution in [0.4, 0.5) is 4.79 Å². The predicted molar refractivity (Wildman–Crippen MR) is 175 cm³/mol. The van der Waals surface area contributed by atoms with E-state index in [9.17, 15) is 24.0 Å². The van der Waals surface area contributed by atoms with Gasteiger partial charge in [-0.05, 0) is 63.2 Å². The molecule has 2 amide bonds. The van der Waals surface area contributed by atoms with Gasteiger partial charge in [-0.1, -0.05) is 86.8 Å². The Kier molecular flexibility index (Phi) is 13.0. The van der Waals surface area contributed by atoms with Crippen LogP contribution >= 0.6 is 0 Å². The van der Waals surface area contributed by atoms with Gasteiger partial charge in [-0.3, -0.25) is 19.2 Å². The first kappa shape index (κ1) is 36.4. The van der Waals surface area contributed by atoms with Gasteiger partial charge in [0, 0.05) is 25.5 Å². The van der Waals surface area contributed by atoms with E-state index in [0.717, 1.165) is 30.2 Å². The molecule has 248 valence electrons. The van der Waals surface area contributed by atoms with Gasteiger partial charge in [-0.25, -0.2) is 9.69 Å². The van der Waals surface area contributed by atoms with Crippen LogP contribution in [-0.4, -0.2) is 63.9 Å². The standard InChI is InChI=1S/C37H47NO8/c1-24(2)34-37(5,6)46-36(44)38(34)35(43)30(22-27-16-10-9-11-17-27)33(45-26(4)40)32(42)23-29(28-18-14-15-25(3)21-28)31(41)19-12-7-8-13-20-39/h9-11,14-18,21,23-24,30,33-34,39H,7-8,12-13,19-20,22H2,1-6H3. The van der Waals surface area contributed by atoms with Gasteiger partial charge in [0.25, 0.3) is 0 Å². The maximum Gasteiger partial charge on any atom is 0.417 e. The lowest BCUT2D eigenvalue weighted by molar-refractivity contribution is -0.159. The van der Waals surface area contributed by atoms with E-state index in [-0.39, 0.29) is 36.7 Å². The molecule has 0 saturated carbocycles. The molecule has 9 nitrogen and oxygen atoms in total. The molecular weight excluding hydrogens is 586 g/mol. The van der Waals surface area contributed by atoms with Gasteiger partial charge in [-0.2, -0.15) is 0 Å². The summed E-state index contributed by atoms with van der Waals surface area (Å²) < 4.78 is 11.2. The van der Waals surface area contributed by atoms with Crippen molar-refractivity contribution in [3.8, 4) is 0 Å². The molecule has 0 radical (unpaired) electrons. The molecule has 9 heteroatoms. The Hall–Kier alpha value is -4.11. The molecule has 1 aliphatic rings. The van der Waals surface area contributed by atoms with Crippen LogP contribution < -0.4 is 0 Å². The summed E-state index contributed by atoms with van der Waals surface area (Å²) in [5.74, 6) is -3.94. The molecule has 1 aliphatic heterocycles. The predicted octanol–water partition coefficient (Wildman–Crippen LogP) is 6.03. The van der Waals surface area contributed by atoms with E-state index in [1.807, 2.05) is 32.9 Å². The Bertz CT molecular complexity index is 1430. The monoisotopic (exact) mass is 633 g/mol. The highest BCUT2D eigenvalue weighted by Crippen LogP contribution is 2.36. The van der Waals surface area contributed by atoms with E-state index >= 15 is 0 Å². The number of ketones is 2. The number of imide groups is 1. The fraction of sp³-hybridized carbons (Fsp3) is 0.486. The van der Waals surface area contributed by atoms with Crippen LogP contribution in [0.2, 0.25) is 0 Å². The third-order valence-electron chi connectivity index (χ3n) is 8.19. The van der Waals surface area contributed by atoms with Crippen LogP contribution in [-0.2, 0) is 35.1 Å². The van der Waals surface area contributed by atoms with Crippen molar-refractivity contribution in [1.82, 2.24) is 4.90 Å². The van der Waals surface area contributed by atoms with Crippen LogP contribution in [0.25, 0.3) is 5.57 Å². The van der Waals surface area contributed by atoms with Gasteiger partial charge < -0.3 is 14.6 Å². The number of unbranched alkanes of at least 4 members (excludes halogenated alkanes) is 3. The number of cyclic esters (lactones) is 1. The number of ether oxygens (including phenoxy) is 2. The molecule has 3 rings (SSSR count). The zero-order valence-corrected chi connectivity index (χ0v) is 27.8. The van der Waals surface area contributed by atoms with Crippen molar-refractivity contribution in [2.24, 2.45) is 11.8 Å². The van der Waals surface area contributed by atoms with Gasteiger partial charge in [0.2, 0.25) is 5.91 Å². The molecule has 1 saturated heterocycles. The second-order valence-corrected chi connectivity index (χ2v) is 12.8. The number of aliphatic hydroxyl groups is 1. The summed E-state index contributed by atoms with van der Waals surface area (Å²) in [4.78, 5) is 69.0. The van der Waals surface area contributed by atoms with Crippen molar-refractivity contribution in [3.05, 3.63) is 77.4 Å². The molecule has 3 unspecified atom stereocenters. The molecule has 0 bridgehead atoms. The minimum absolute atomic E-state index is 0.00912. The summed E-state index contributed by atoms with van der Waals surface area (Å²) in [6, 6.07) is 15.5. The van der Waals surface area contributed by atoms with E-state index in [1.54, 1.807) is 56.3 Å². The number of esters is 1. The fourth-order valence-electron chi connectivity index (χ4n) is 6.22. The number of nitrogens with zero attached hydrogens (tertiary/aromatic N) is 1. The topological polar surface area (TPSA) is 127 Å². The Morgan fingerprint density at radius 3 is 2.28 bits per heavy atom. The van der Waals surface area contributed by atoms with Gasteiger partial charge in [-0.15, -0.1) is 0 Å². The first-order valence-electron chi connectivity index (χ1n) is 16.0. The van der Waals surface area contributed by atoms with Gasteiger partial charge in [0.15, 0.2) is 17.7 Å². The Morgan fingerprint density at radius 2 is 1.67 bits per heavy atom. The van der Waals surface area contributed by atoms with Crippen LogP contribution in [0.1, 0.15) is 83.4 Å². The summed E-state index contributed by atoms with van der Waals surface area (Å²) in [5, 5.41) is 9.08. The quantitative estimate of drug-likeness (QED) is 0.135. The average molecular weight is 634 g/mol. The number of benzene rings is 2. The van der Waals surface area contributed by atoms with Crippen molar-refractivity contribution in [3.63, 3.8) is 0 Å². The smallest absolute Gasteiger partial charge is 0.417 e. The van der Waals surface area contributed by atoms with Crippen molar-refractivity contribution in [2.45, 2.75) is 97.8 Å². The van der Waals surface area contributed by atoms with E-state index in [0.29, 0.717) is 24.0 Å². The minimum Gasteiger partial charge on any atom is -0.453 e. The van der Waals surface area contributed by atoms with Crippen molar-refractivity contribution in [2.75, 3.05) is 6.61 Å². The normalized spacial score (nSPS) is 17.4. The average Bonchev–Trinajstić information content (AvgIpc) is 3.25. The summed E-state index contributed by atoms with van der Waals surface area (Å²) in [6.45, 7) is 10.3. The highest BCUT2D eigenvalue weighted by molar-refractivity contribution is 6.25. The first-order chi connectivity index (χ1) is 21.8. The third-order valence-corrected chi connectivity index (χ3v) is 8.19. The number of Topliss-reactive ketones (excluding diaryl/α,β-unsaturated/α-hetero) is 1. The lowest BCUT2D eigenvalue weighted by atomic mass is 9.85. The molecule has 3 atom stereocenters. The molecule has 46 heavy (non-hydrogen) atoms. The number of carbonyl (C=O) groups is 5. The highest BCUT2D eigenvalue weighted by atomic mass is 16.6. The Balaban J connectivity index is 2.10. The number of carbonyl (C=O) groups excluding carboxylic acids is 5. The Morgan fingerprint density at radius 1 is 1.00 bits per heavy atom. The lowest BCUT2D eigenvalue weighted by Gasteiger charge is -2.34. The number of aryl methyl sites for hydroxylation is 1. The molecule has 1 N–H and O–H groups in total. The van der Waals surface area contributed by atoms with E-state index in [2.05, 4.69) is 0 Å². The lowest BCUT2D eigenvalue weighted by Crippen LogP contribution is -2.53. The van der Waals surface area contributed by atoms with Gasteiger partial charge >= 0.3 is 12.1 Å². The summed E-state index contributed by atoms with van der Waals surface area (Å²) in [6.07, 6.45) is 1.63. The van der Waals surface area contributed by atoms with Crippen LogP contribution in [0.3, 0.4) is 0 Å². The largest absolute Gasteiger partial charge is 0.453 e. The third kappa shape index (κ3) is 9.45. The van der Waals surface area contributed by atoms with Crippen LogP contribution in [0.5, 0.6) is 0 Å². The number of hydrogen-bond donors (Lipinski definition) is 1. The molecule has 2 aromatic rings. The number of aliphatic hydroxyl groups excluding tert-OH is 1. The molecule has 0 aliphatic carbocycles. The second kappa shape index (κ2) is 16.5. The molecule has 0 spiro atoms. The van der Waals surface area contributed by atoms with E-state index < -0.39 is 47.4 Å². The fourth-order valence-corrected chi connectivity index (χ4v) is 6.22. The first-order valence-corrected chi connectivity index (χ1v) is 16.0. The van der Waals surface area contributed by atoms with E-state index in [1.165, 1.54) is 6.08 Å². The number of amides is 2. The maximum atomic E-state index is 14.4. The van der Waals surface area contributed by atoms with Crippen LogP contribution in [0.15, 0.2) is 60.7 Å². The maximum absolute atomic E-state index is 14.4. The molecule has 0 aromatic heterocycles.